The first kappa shape index (κ1) is 11.3. The smallest absolute Gasteiger partial charge is 0.240 e. The summed E-state index contributed by atoms with van der Waals surface area (Å²) in [6.45, 7) is 4.93. The lowest BCUT2D eigenvalue weighted by Crippen LogP contribution is -2.48. The Morgan fingerprint density at radius 3 is 3.18 bits per heavy atom. The molecular formula is C14H22N2O. The molecule has 3 heteroatoms. The monoisotopic (exact) mass is 234 g/mol. The quantitative estimate of drug-likeness (QED) is 0.698. The Hall–Kier alpha value is -0.830. The van der Waals surface area contributed by atoms with E-state index in [2.05, 4.69) is 18.3 Å². The number of nitrogens with one attached hydrogen (secondary N) is 1. The van der Waals surface area contributed by atoms with Gasteiger partial charge in [0.05, 0.1) is 6.04 Å². The van der Waals surface area contributed by atoms with Crippen molar-refractivity contribution in [1.29, 1.82) is 0 Å². The zero-order valence-electron chi connectivity index (χ0n) is 10.6. The van der Waals surface area contributed by atoms with Gasteiger partial charge in [-0.3, -0.25) is 4.79 Å². The Kier molecular flexibility index (Phi) is 2.95. The van der Waals surface area contributed by atoms with Crippen molar-refractivity contribution in [2.45, 2.75) is 38.6 Å². The molecule has 2 heterocycles. The lowest BCUT2D eigenvalue weighted by atomic mass is 9.93. The summed E-state index contributed by atoms with van der Waals surface area (Å²) in [7, 11) is 0. The van der Waals surface area contributed by atoms with Crippen LogP contribution < -0.4 is 5.32 Å². The molecule has 0 aromatic rings. The predicted octanol–water partition coefficient (Wildman–Crippen LogP) is 1.55. The van der Waals surface area contributed by atoms with E-state index in [9.17, 15) is 4.79 Å². The van der Waals surface area contributed by atoms with Crippen LogP contribution in [0.5, 0.6) is 0 Å². The van der Waals surface area contributed by atoms with E-state index < -0.39 is 0 Å². The second kappa shape index (κ2) is 4.45. The van der Waals surface area contributed by atoms with Gasteiger partial charge in [-0.25, -0.2) is 0 Å². The van der Waals surface area contributed by atoms with E-state index in [0.717, 1.165) is 32.0 Å². The number of rotatable bonds is 1. The molecule has 3 nitrogen and oxygen atoms in total. The molecule has 3 unspecified atom stereocenters. The number of carbonyl (C=O) groups excluding carboxylic acids is 1. The maximum Gasteiger partial charge on any atom is 0.240 e. The average Bonchev–Trinajstić information content (AvgIpc) is 2.89. The van der Waals surface area contributed by atoms with Crippen molar-refractivity contribution >= 4 is 5.91 Å². The summed E-state index contributed by atoms with van der Waals surface area (Å²) in [4.78, 5) is 14.6. The first-order chi connectivity index (χ1) is 8.25. The summed E-state index contributed by atoms with van der Waals surface area (Å²) in [5.41, 5.74) is 1.34. The molecule has 94 valence electrons. The Morgan fingerprint density at radius 1 is 1.47 bits per heavy atom. The summed E-state index contributed by atoms with van der Waals surface area (Å²) in [6.07, 6.45) is 7.17. The number of hydrogen-bond acceptors (Lipinski definition) is 2. The van der Waals surface area contributed by atoms with Crippen LogP contribution in [-0.2, 0) is 4.79 Å². The Balaban J connectivity index is 1.68. The van der Waals surface area contributed by atoms with Crippen LogP contribution in [0.1, 0.15) is 32.6 Å². The van der Waals surface area contributed by atoms with Crippen LogP contribution in [0.25, 0.3) is 0 Å². The fourth-order valence-corrected chi connectivity index (χ4v) is 3.75. The van der Waals surface area contributed by atoms with Crippen molar-refractivity contribution in [3.63, 3.8) is 0 Å². The maximum absolute atomic E-state index is 12.5. The van der Waals surface area contributed by atoms with Gasteiger partial charge in [0, 0.05) is 13.1 Å². The van der Waals surface area contributed by atoms with E-state index in [1.165, 1.54) is 24.8 Å². The van der Waals surface area contributed by atoms with Gasteiger partial charge in [0.1, 0.15) is 0 Å². The predicted molar refractivity (Wildman–Crippen MR) is 67.6 cm³/mol. The summed E-state index contributed by atoms with van der Waals surface area (Å²) in [5, 5.41) is 3.46. The van der Waals surface area contributed by atoms with Crippen LogP contribution >= 0.6 is 0 Å². The standard InChI is InChI=1S/C14H22N2O/c1-10-4-3-7-16(9-10)14(17)13-12-6-2-5-11(12)8-15-13/h4,11-13,15H,2-3,5-9H2,1H3. The molecule has 3 rings (SSSR count). The van der Waals surface area contributed by atoms with Gasteiger partial charge in [-0.2, -0.15) is 0 Å². The van der Waals surface area contributed by atoms with Crippen molar-refractivity contribution in [2.75, 3.05) is 19.6 Å². The molecule has 1 saturated heterocycles. The van der Waals surface area contributed by atoms with E-state index >= 15 is 0 Å². The van der Waals surface area contributed by atoms with Crippen LogP contribution in [-0.4, -0.2) is 36.5 Å². The highest BCUT2D eigenvalue weighted by Gasteiger charge is 2.43. The lowest BCUT2D eigenvalue weighted by Gasteiger charge is -2.30. The van der Waals surface area contributed by atoms with E-state index in [1.807, 2.05) is 4.90 Å². The maximum atomic E-state index is 12.5. The molecule has 0 aromatic carbocycles. The molecule has 17 heavy (non-hydrogen) atoms. The van der Waals surface area contributed by atoms with Crippen LogP contribution in [0, 0.1) is 11.8 Å². The molecule has 0 bridgehead atoms. The van der Waals surface area contributed by atoms with Gasteiger partial charge in [-0.15, -0.1) is 0 Å². The van der Waals surface area contributed by atoms with Gasteiger partial charge >= 0.3 is 0 Å². The number of amides is 1. The Morgan fingerprint density at radius 2 is 2.35 bits per heavy atom. The third-order valence-corrected chi connectivity index (χ3v) is 4.66. The van der Waals surface area contributed by atoms with Gasteiger partial charge in [0.2, 0.25) is 5.91 Å². The van der Waals surface area contributed by atoms with Crippen molar-refractivity contribution in [2.24, 2.45) is 11.8 Å². The summed E-state index contributed by atoms with van der Waals surface area (Å²) < 4.78 is 0. The Labute approximate surface area is 103 Å². The number of fused-ring (bicyclic) bond motifs is 1. The van der Waals surface area contributed by atoms with Gasteiger partial charge in [-0.05, 0) is 44.6 Å². The van der Waals surface area contributed by atoms with Gasteiger partial charge in [0.25, 0.3) is 0 Å². The Bertz CT molecular complexity index is 350. The molecule has 0 radical (unpaired) electrons. The van der Waals surface area contributed by atoms with E-state index in [-0.39, 0.29) is 6.04 Å². The van der Waals surface area contributed by atoms with Crippen molar-refractivity contribution in [1.82, 2.24) is 10.2 Å². The van der Waals surface area contributed by atoms with Gasteiger partial charge in [-0.1, -0.05) is 18.1 Å². The topological polar surface area (TPSA) is 32.3 Å². The summed E-state index contributed by atoms with van der Waals surface area (Å²) in [5.74, 6) is 1.74. The minimum Gasteiger partial charge on any atom is -0.337 e. The molecule has 1 saturated carbocycles. The molecule has 0 spiro atoms. The minimum atomic E-state index is 0.119. The summed E-state index contributed by atoms with van der Waals surface area (Å²) >= 11 is 0. The highest BCUT2D eigenvalue weighted by molar-refractivity contribution is 5.83. The van der Waals surface area contributed by atoms with Crippen LogP contribution in [0.15, 0.2) is 11.6 Å². The van der Waals surface area contributed by atoms with E-state index in [1.54, 1.807) is 0 Å². The third-order valence-electron chi connectivity index (χ3n) is 4.66. The van der Waals surface area contributed by atoms with Crippen LogP contribution in [0.3, 0.4) is 0 Å². The van der Waals surface area contributed by atoms with Gasteiger partial charge in [0.15, 0.2) is 0 Å². The lowest BCUT2D eigenvalue weighted by molar-refractivity contribution is -0.133. The fourth-order valence-electron chi connectivity index (χ4n) is 3.75. The summed E-state index contributed by atoms with van der Waals surface area (Å²) in [6, 6.07) is 0.119. The normalized spacial score (nSPS) is 36.9. The number of hydrogen-bond donors (Lipinski definition) is 1. The fraction of sp³-hybridized carbons (Fsp3) is 0.786. The molecular weight excluding hydrogens is 212 g/mol. The van der Waals surface area contributed by atoms with Crippen molar-refractivity contribution < 1.29 is 4.79 Å². The van der Waals surface area contributed by atoms with E-state index in [4.69, 9.17) is 0 Å². The first-order valence-electron chi connectivity index (χ1n) is 6.93. The molecule has 3 aliphatic rings. The highest BCUT2D eigenvalue weighted by atomic mass is 16.2. The molecule has 0 aromatic heterocycles. The zero-order valence-corrected chi connectivity index (χ0v) is 10.6. The molecule has 3 atom stereocenters. The largest absolute Gasteiger partial charge is 0.337 e. The third kappa shape index (κ3) is 2.01. The molecule has 2 aliphatic heterocycles. The van der Waals surface area contributed by atoms with E-state index in [0.29, 0.717) is 11.8 Å². The highest BCUT2D eigenvalue weighted by Crippen LogP contribution is 2.38. The zero-order chi connectivity index (χ0) is 11.8. The van der Waals surface area contributed by atoms with Crippen LogP contribution in [0.2, 0.25) is 0 Å². The molecule has 2 fully saturated rings. The molecule has 1 N–H and O–H groups in total. The SMILES string of the molecule is CC1=CCCN(C(=O)C2NCC3CCCC32)C1. The second-order valence-corrected chi connectivity index (χ2v) is 5.84. The van der Waals surface area contributed by atoms with Crippen molar-refractivity contribution in [3.05, 3.63) is 11.6 Å². The average molecular weight is 234 g/mol. The second-order valence-electron chi connectivity index (χ2n) is 5.84. The minimum absolute atomic E-state index is 0.119. The number of nitrogens with zero attached hydrogens (tertiary/aromatic N) is 1. The molecule has 1 amide bonds. The van der Waals surface area contributed by atoms with Crippen LogP contribution in [0.4, 0.5) is 0 Å². The molecule has 1 aliphatic carbocycles. The van der Waals surface area contributed by atoms with Gasteiger partial charge < -0.3 is 10.2 Å². The number of carbonyl (C=O) groups is 1. The first-order valence-corrected chi connectivity index (χ1v) is 6.93. The van der Waals surface area contributed by atoms with Crippen molar-refractivity contribution in [3.8, 4) is 0 Å².